The Labute approximate surface area is 119 Å². The van der Waals surface area contributed by atoms with E-state index in [0.29, 0.717) is 25.4 Å². The summed E-state index contributed by atoms with van der Waals surface area (Å²) in [6.07, 6.45) is 4.93. The van der Waals surface area contributed by atoms with Gasteiger partial charge in [0.15, 0.2) is 0 Å². The lowest BCUT2D eigenvalue weighted by Gasteiger charge is -2.29. The fraction of sp³-hybridized carbons (Fsp3) is 0.562. The third-order valence-corrected chi connectivity index (χ3v) is 4.15. The van der Waals surface area contributed by atoms with Crippen LogP contribution in [0, 0.1) is 17.7 Å². The maximum absolute atomic E-state index is 13.0. The van der Waals surface area contributed by atoms with Crippen molar-refractivity contribution in [2.45, 2.75) is 32.1 Å². The first-order valence-corrected chi connectivity index (χ1v) is 7.43. The number of carbonyl (C=O) groups is 1. The minimum Gasteiger partial charge on any atom is -0.356 e. The SMILES string of the molecule is NCC1CCCCC1C(=O)NCCc1cccc(F)c1. The summed E-state index contributed by atoms with van der Waals surface area (Å²) in [5.41, 5.74) is 6.65. The molecule has 0 radical (unpaired) electrons. The van der Waals surface area contributed by atoms with E-state index in [4.69, 9.17) is 5.73 Å². The predicted molar refractivity (Wildman–Crippen MR) is 77.6 cm³/mol. The molecule has 20 heavy (non-hydrogen) atoms. The van der Waals surface area contributed by atoms with Gasteiger partial charge < -0.3 is 11.1 Å². The largest absolute Gasteiger partial charge is 0.356 e. The Bertz CT molecular complexity index is 450. The van der Waals surface area contributed by atoms with Crippen molar-refractivity contribution in [1.82, 2.24) is 5.32 Å². The second-order valence-electron chi connectivity index (χ2n) is 5.56. The van der Waals surface area contributed by atoms with Gasteiger partial charge in [-0.2, -0.15) is 0 Å². The zero-order valence-corrected chi connectivity index (χ0v) is 11.8. The molecule has 1 amide bonds. The summed E-state index contributed by atoms with van der Waals surface area (Å²) < 4.78 is 13.0. The van der Waals surface area contributed by atoms with Crippen LogP contribution < -0.4 is 11.1 Å². The van der Waals surface area contributed by atoms with E-state index < -0.39 is 0 Å². The Kier molecular flexibility index (Phi) is 5.53. The van der Waals surface area contributed by atoms with E-state index in [2.05, 4.69) is 5.32 Å². The van der Waals surface area contributed by atoms with Crippen molar-refractivity contribution in [2.24, 2.45) is 17.6 Å². The van der Waals surface area contributed by atoms with Crippen molar-refractivity contribution < 1.29 is 9.18 Å². The van der Waals surface area contributed by atoms with Gasteiger partial charge in [-0.05, 0) is 49.4 Å². The molecular formula is C16H23FN2O. The molecular weight excluding hydrogens is 255 g/mol. The molecule has 1 aliphatic rings. The van der Waals surface area contributed by atoms with Crippen molar-refractivity contribution in [3.05, 3.63) is 35.6 Å². The van der Waals surface area contributed by atoms with Crippen LogP contribution in [0.25, 0.3) is 0 Å². The Hall–Kier alpha value is -1.42. The summed E-state index contributed by atoms with van der Waals surface area (Å²) in [5, 5.41) is 2.97. The number of hydrogen-bond donors (Lipinski definition) is 2. The van der Waals surface area contributed by atoms with E-state index in [-0.39, 0.29) is 17.6 Å². The first-order chi connectivity index (χ1) is 9.70. The van der Waals surface area contributed by atoms with Crippen LogP contribution in [-0.2, 0) is 11.2 Å². The zero-order chi connectivity index (χ0) is 14.4. The highest BCUT2D eigenvalue weighted by molar-refractivity contribution is 5.79. The molecule has 2 unspecified atom stereocenters. The Morgan fingerprint density at radius 3 is 2.90 bits per heavy atom. The average Bonchev–Trinajstić information content (AvgIpc) is 2.47. The zero-order valence-electron chi connectivity index (χ0n) is 11.8. The van der Waals surface area contributed by atoms with Crippen molar-refractivity contribution in [1.29, 1.82) is 0 Å². The van der Waals surface area contributed by atoms with Crippen molar-refractivity contribution in [3.8, 4) is 0 Å². The molecule has 0 aromatic heterocycles. The van der Waals surface area contributed by atoms with Gasteiger partial charge in [-0.15, -0.1) is 0 Å². The fourth-order valence-corrected chi connectivity index (χ4v) is 2.99. The van der Waals surface area contributed by atoms with E-state index in [1.807, 2.05) is 6.07 Å². The van der Waals surface area contributed by atoms with E-state index in [0.717, 1.165) is 24.8 Å². The lowest BCUT2D eigenvalue weighted by molar-refractivity contribution is -0.127. The number of rotatable bonds is 5. The molecule has 0 saturated heterocycles. The molecule has 2 rings (SSSR count). The maximum atomic E-state index is 13.0. The van der Waals surface area contributed by atoms with Crippen LogP contribution in [0.3, 0.4) is 0 Å². The van der Waals surface area contributed by atoms with Crippen LogP contribution in [0.15, 0.2) is 24.3 Å². The molecule has 110 valence electrons. The average molecular weight is 278 g/mol. The van der Waals surface area contributed by atoms with Crippen molar-refractivity contribution in [3.63, 3.8) is 0 Å². The summed E-state index contributed by atoms with van der Waals surface area (Å²) in [6.45, 7) is 1.14. The number of benzene rings is 1. The summed E-state index contributed by atoms with van der Waals surface area (Å²) in [6, 6.07) is 6.50. The van der Waals surface area contributed by atoms with Gasteiger partial charge in [0, 0.05) is 12.5 Å². The molecule has 1 aliphatic carbocycles. The van der Waals surface area contributed by atoms with Gasteiger partial charge >= 0.3 is 0 Å². The topological polar surface area (TPSA) is 55.1 Å². The van der Waals surface area contributed by atoms with E-state index in [1.165, 1.54) is 18.6 Å². The summed E-state index contributed by atoms with van der Waals surface area (Å²) in [7, 11) is 0. The van der Waals surface area contributed by atoms with Crippen LogP contribution in [0.5, 0.6) is 0 Å². The monoisotopic (exact) mass is 278 g/mol. The minimum absolute atomic E-state index is 0.0567. The molecule has 1 aromatic carbocycles. The van der Waals surface area contributed by atoms with Crippen LogP contribution in [-0.4, -0.2) is 19.0 Å². The second-order valence-corrected chi connectivity index (χ2v) is 5.56. The molecule has 3 N–H and O–H groups in total. The lowest BCUT2D eigenvalue weighted by Crippen LogP contribution is -2.40. The summed E-state index contributed by atoms with van der Waals surface area (Å²) >= 11 is 0. The molecule has 2 atom stereocenters. The van der Waals surface area contributed by atoms with Gasteiger partial charge in [0.2, 0.25) is 5.91 Å². The molecule has 1 fully saturated rings. The molecule has 1 aromatic rings. The van der Waals surface area contributed by atoms with Gasteiger partial charge in [-0.1, -0.05) is 25.0 Å². The van der Waals surface area contributed by atoms with Crippen LogP contribution in [0.2, 0.25) is 0 Å². The molecule has 1 saturated carbocycles. The van der Waals surface area contributed by atoms with Gasteiger partial charge in [-0.3, -0.25) is 4.79 Å². The Morgan fingerprint density at radius 1 is 1.35 bits per heavy atom. The maximum Gasteiger partial charge on any atom is 0.223 e. The number of carbonyl (C=O) groups excluding carboxylic acids is 1. The first kappa shape index (κ1) is 15.0. The fourth-order valence-electron chi connectivity index (χ4n) is 2.99. The van der Waals surface area contributed by atoms with Crippen molar-refractivity contribution >= 4 is 5.91 Å². The normalized spacial score (nSPS) is 22.5. The Morgan fingerprint density at radius 2 is 2.15 bits per heavy atom. The van der Waals surface area contributed by atoms with Crippen molar-refractivity contribution in [2.75, 3.05) is 13.1 Å². The van der Waals surface area contributed by atoms with Gasteiger partial charge in [0.05, 0.1) is 0 Å². The quantitative estimate of drug-likeness (QED) is 0.868. The molecule has 0 aliphatic heterocycles. The third-order valence-electron chi connectivity index (χ3n) is 4.15. The molecule has 0 heterocycles. The number of nitrogens with two attached hydrogens (primary N) is 1. The predicted octanol–water partition coefficient (Wildman–Crippen LogP) is 2.25. The number of amides is 1. The molecule has 3 nitrogen and oxygen atoms in total. The minimum atomic E-state index is -0.232. The van der Waals surface area contributed by atoms with E-state index >= 15 is 0 Å². The molecule has 0 bridgehead atoms. The number of hydrogen-bond acceptors (Lipinski definition) is 2. The summed E-state index contributed by atoms with van der Waals surface area (Å²) in [4.78, 5) is 12.2. The highest BCUT2D eigenvalue weighted by Gasteiger charge is 2.29. The summed E-state index contributed by atoms with van der Waals surface area (Å²) in [5.74, 6) is 0.250. The van der Waals surface area contributed by atoms with Gasteiger partial charge in [0.1, 0.15) is 5.82 Å². The van der Waals surface area contributed by atoms with Gasteiger partial charge in [0.25, 0.3) is 0 Å². The molecule has 0 spiro atoms. The van der Waals surface area contributed by atoms with E-state index in [1.54, 1.807) is 6.07 Å². The smallest absolute Gasteiger partial charge is 0.223 e. The second kappa shape index (κ2) is 7.39. The van der Waals surface area contributed by atoms with E-state index in [9.17, 15) is 9.18 Å². The van der Waals surface area contributed by atoms with Crippen LogP contribution >= 0.6 is 0 Å². The van der Waals surface area contributed by atoms with Crippen LogP contribution in [0.4, 0.5) is 4.39 Å². The lowest BCUT2D eigenvalue weighted by atomic mass is 9.79. The Balaban J connectivity index is 1.79. The van der Waals surface area contributed by atoms with Gasteiger partial charge in [-0.25, -0.2) is 4.39 Å². The molecule has 4 heteroatoms. The highest BCUT2D eigenvalue weighted by Crippen LogP contribution is 2.29. The standard InChI is InChI=1S/C16H23FN2O/c17-14-6-3-4-12(10-14)8-9-19-16(20)15-7-2-1-5-13(15)11-18/h3-4,6,10,13,15H,1-2,5,7-9,11,18H2,(H,19,20). The third kappa shape index (κ3) is 4.04. The van der Waals surface area contributed by atoms with Crippen LogP contribution in [0.1, 0.15) is 31.2 Å². The number of nitrogens with one attached hydrogen (secondary N) is 1. The highest BCUT2D eigenvalue weighted by atomic mass is 19.1. The number of halogens is 1. The first-order valence-electron chi connectivity index (χ1n) is 7.43.